The van der Waals surface area contributed by atoms with E-state index < -0.39 is 52.1 Å². The molecule has 0 saturated heterocycles. The zero-order valence-electron chi connectivity index (χ0n) is 22.4. The number of hydrogen-bond donors (Lipinski definition) is 1. The van der Waals surface area contributed by atoms with Crippen LogP contribution in [0.4, 0.5) is 0 Å². The normalized spacial score (nSPS) is 15.0. The molecule has 1 unspecified atom stereocenters. The number of amides is 2. The lowest BCUT2D eigenvalue weighted by molar-refractivity contribution is -0.151. The Labute approximate surface area is 234 Å². The van der Waals surface area contributed by atoms with Crippen LogP contribution in [0.5, 0.6) is 0 Å². The number of nitrogens with zero attached hydrogens (tertiary/aromatic N) is 3. The van der Waals surface area contributed by atoms with Crippen LogP contribution >= 0.6 is 0 Å². The van der Waals surface area contributed by atoms with Gasteiger partial charge in [0, 0.05) is 16.3 Å². The highest BCUT2D eigenvalue weighted by atomic mass is 32.2. The van der Waals surface area contributed by atoms with Crippen LogP contribution in [-0.2, 0) is 40.2 Å². The highest BCUT2D eigenvalue weighted by Crippen LogP contribution is 2.37. The predicted octanol–water partition coefficient (Wildman–Crippen LogP) is 1.89. The molecule has 0 radical (unpaired) electrons. The minimum atomic E-state index is -3.96. The Morgan fingerprint density at radius 2 is 1.73 bits per heavy atom. The number of ether oxygens (including phenoxy) is 2. The zero-order chi connectivity index (χ0) is 29.5. The zero-order valence-corrected chi connectivity index (χ0v) is 23.2. The number of rotatable bonds is 7. The first kappa shape index (κ1) is 27.8. The third-order valence-corrected chi connectivity index (χ3v) is 8.46. The molecule has 2 aromatic heterocycles. The molecular weight excluding hydrogens is 552 g/mol. The molecule has 3 heterocycles. The van der Waals surface area contributed by atoms with Crippen LogP contribution < -0.4 is 5.32 Å². The lowest BCUT2D eigenvalue weighted by Crippen LogP contribution is -2.47. The van der Waals surface area contributed by atoms with Crippen molar-refractivity contribution in [3.63, 3.8) is 0 Å². The first-order valence-corrected chi connectivity index (χ1v) is 14.1. The second-order valence-corrected chi connectivity index (χ2v) is 11.5. The fourth-order valence-corrected chi connectivity index (χ4v) is 5.98. The number of sulfone groups is 1. The van der Waals surface area contributed by atoms with Gasteiger partial charge in [-0.15, -0.1) is 0 Å². The van der Waals surface area contributed by atoms with E-state index in [9.17, 15) is 27.6 Å². The van der Waals surface area contributed by atoms with Gasteiger partial charge >= 0.3 is 11.9 Å². The SMILES string of the molecule is COC(=O)CN1C(=O)Cn2c3ccccc3c3cc(C(=O)OC)nc(c32)C1C(=O)NCS(=O)(=O)c1ccc(C)cc1. The van der Waals surface area contributed by atoms with E-state index in [4.69, 9.17) is 9.47 Å². The van der Waals surface area contributed by atoms with Crippen LogP contribution in [0.25, 0.3) is 21.8 Å². The summed E-state index contributed by atoms with van der Waals surface area (Å²) in [4.78, 5) is 57.9. The number of pyridine rings is 1. The summed E-state index contributed by atoms with van der Waals surface area (Å²) in [6.45, 7) is 0.942. The van der Waals surface area contributed by atoms with Crippen LogP contribution in [0.15, 0.2) is 59.5 Å². The highest BCUT2D eigenvalue weighted by molar-refractivity contribution is 7.91. The standard InChI is InChI=1S/C28H26N4O8S/c1-16-8-10-17(11-9-16)41(37,38)15-29-27(35)26-24-25-19(12-20(30-24)28(36)40-3)18-6-4-5-7-21(18)31(25)13-22(33)32(26)14-23(34)39-2/h4-12,26H,13-15H2,1-3H3,(H,29,35). The Balaban J connectivity index is 1.68. The minimum Gasteiger partial charge on any atom is -0.468 e. The molecule has 2 amide bonds. The van der Waals surface area contributed by atoms with Crippen molar-refractivity contribution in [1.29, 1.82) is 0 Å². The fraction of sp³-hybridized carbons (Fsp3) is 0.250. The largest absolute Gasteiger partial charge is 0.468 e. The Morgan fingerprint density at radius 3 is 2.41 bits per heavy atom. The van der Waals surface area contributed by atoms with Crippen molar-refractivity contribution in [1.82, 2.24) is 19.8 Å². The van der Waals surface area contributed by atoms with E-state index in [0.717, 1.165) is 17.6 Å². The number of fused-ring (bicyclic) bond motifs is 3. The predicted molar refractivity (Wildman–Crippen MR) is 146 cm³/mol. The first-order chi connectivity index (χ1) is 19.6. The molecule has 0 fully saturated rings. The van der Waals surface area contributed by atoms with Crippen molar-refractivity contribution in [2.45, 2.75) is 24.4 Å². The highest BCUT2D eigenvalue weighted by Gasteiger charge is 2.40. The average Bonchev–Trinajstić information content (AvgIpc) is 3.21. The topological polar surface area (TPSA) is 154 Å². The van der Waals surface area contributed by atoms with Crippen molar-refractivity contribution < 1.29 is 37.1 Å². The van der Waals surface area contributed by atoms with Crippen LogP contribution in [0, 0.1) is 6.92 Å². The summed E-state index contributed by atoms with van der Waals surface area (Å²) in [5.41, 5.74) is 1.75. The van der Waals surface area contributed by atoms with Gasteiger partial charge in [-0.3, -0.25) is 14.4 Å². The molecule has 1 N–H and O–H groups in total. The monoisotopic (exact) mass is 578 g/mol. The number of carbonyl (C=O) groups excluding carboxylic acids is 4. The third-order valence-electron chi connectivity index (χ3n) is 6.95. The summed E-state index contributed by atoms with van der Waals surface area (Å²) in [5.74, 6) is -3.89. The van der Waals surface area contributed by atoms with Crippen molar-refractivity contribution in [3.05, 3.63) is 71.5 Å². The fourth-order valence-electron chi connectivity index (χ4n) is 4.93. The number of para-hydroxylation sites is 1. The third kappa shape index (κ3) is 4.99. The van der Waals surface area contributed by atoms with E-state index in [1.807, 2.05) is 6.92 Å². The summed E-state index contributed by atoms with van der Waals surface area (Å²) in [6.07, 6.45) is 0. The van der Waals surface area contributed by atoms with E-state index >= 15 is 0 Å². The summed E-state index contributed by atoms with van der Waals surface area (Å²) in [6, 6.07) is 13.2. The molecule has 1 aliphatic heterocycles. The molecule has 41 heavy (non-hydrogen) atoms. The maximum atomic E-state index is 13.8. The van der Waals surface area contributed by atoms with E-state index in [0.29, 0.717) is 21.8 Å². The number of benzene rings is 2. The van der Waals surface area contributed by atoms with Gasteiger partial charge in [0.05, 0.1) is 30.3 Å². The van der Waals surface area contributed by atoms with Crippen LogP contribution in [0.2, 0.25) is 0 Å². The lowest BCUT2D eigenvalue weighted by Gasteiger charge is -2.28. The maximum Gasteiger partial charge on any atom is 0.356 e. The average molecular weight is 579 g/mol. The molecule has 12 nitrogen and oxygen atoms in total. The molecule has 1 aliphatic rings. The Kier molecular flexibility index (Phi) is 7.22. The summed E-state index contributed by atoms with van der Waals surface area (Å²) < 4.78 is 37.3. The summed E-state index contributed by atoms with van der Waals surface area (Å²) in [7, 11) is -1.64. The van der Waals surface area contributed by atoms with Crippen LogP contribution in [0.1, 0.15) is 27.8 Å². The van der Waals surface area contributed by atoms with E-state index in [1.165, 1.54) is 25.3 Å². The van der Waals surface area contributed by atoms with Gasteiger partial charge in [-0.2, -0.15) is 0 Å². The van der Waals surface area contributed by atoms with Crippen LogP contribution in [0.3, 0.4) is 0 Å². The van der Waals surface area contributed by atoms with Crippen molar-refractivity contribution in [2.24, 2.45) is 0 Å². The molecule has 2 aromatic carbocycles. The number of carbonyl (C=O) groups is 4. The number of methoxy groups -OCH3 is 2. The minimum absolute atomic E-state index is 0.0000830. The second-order valence-electron chi connectivity index (χ2n) is 9.50. The van der Waals surface area contributed by atoms with Crippen LogP contribution in [-0.4, -0.2) is 73.3 Å². The lowest BCUT2D eigenvalue weighted by atomic mass is 10.1. The number of esters is 2. The molecule has 0 aliphatic carbocycles. The van der Waals surface area contributed by atoms with E-state index in [-0.39, 0.29) is 22.8 Å². The van der Waals surface area contributed by atoms with Crippen molar-refractivity contribution in [3.8, 4) is 0 Å². The van der Waals surface area contributed by atoms with Gasteiger partial charge in [-0.1, -0.05) is 35.9 Å². The Hall–Kier alpha value is -4.78. The molecule has 5 rings (SSSR count). The van der Waals surface area contributed by atoms with Gasteiger partial charge in [0.15, 0.2) is 15.9 Å². The van der Waals surface area contributed by atoms with E-state index in [2.05, 4.69) is 10.3 Å². The van der Waals surface area contributed by atoms with Gasteiger partial charge < -0.3 is 24.3 Å². The second kappa shape index (κ2) is 10.7. The van der Waals surface area contributed by atoms with Gasteiger partial charge in [0.25, 0.3) is 0 Å². The summed E-state index contributed by atoms with van der Waals surface area (Å²) >= 11 is 0. The molecule has 4 aromatic rings. The number of hydrogen-bond acceptors (Lipinski definition) is 9. The number of aryl methyl sites for hydroxylation is 1. The quantitative estimate of drug-likeness (QED) is 0.324. The molecular formula is C28H26N4O8S. The van der Waals surface area contributed by atoms with Crippen molar-refractivity contribution in [2.75, 3.05) is 26.6 Å². The Morgan fingerprint density at radius 1 is 1.02 bits per heavy atom. The van der Waals surface area contributed by atoms with Gasteiger partial charge in [0.1, 0.15) is 24.7 Å². The maximum absolute atomic E-state index is 13.8. The molecule has 0 bridgehead atoms. The van der Waals surface area contributed by atoms with Gasteiger partial charge in [0.2, 0.25) is 11.8 Å². The molecule has 13 heteroatoms. The van der Waals surface area contributed by atoms with Crippen molar-refractivity contribution >= 4 is 55.4 Å². The summed E-state index contributed by atoms with van der Waals surface area (Å²) in [5, 5.41) is 3.64. The first-order valence-electron chi connectivity index (χ1n) is 12.5. The smallest absolute Gasteiger partial charge is 0.356 e. The molecule has 212 valence electrons. The van der Waals surface area contributed by atoms with Gasteiger partial charge in [-0.25, -0.2) is 18.2 Å². The molecule has 0 spiro atoms. The molecule has 1 atom stereocenters. The number of aromatic nitrogens is 2. The Bertz CT molecular complexity index is 1830. The molecule has 0 saturated carbocycles. The van der Waals surface area contributed by atoms with Gasteiger partial charge in [-0.05, 0) is 31.2 Å². The van der Waals surface area contributed by atoms with E-state index in [1.54, 1.807) is 41.0 Å². The number of nitrogens with one attached hydrogen (secondary N) is 1.